The fourth-order valence-electron chi connectivity index (χ4n) is 0.551. The number of esters is 1. The molecule has 12 heavy (non-hydrogen) atoms. The van der Waals surface area contributed by atoms with Crippen LogP contribution in [0, 0.1) is 0 Å². The molecule has 0 aliphatic heterocycles. The van der Waals surface area contributed by atoms with Gasteiger partial charge in [0, 0.05) is 6.08 Å². The molecule has 0 rings (SSSR count). The summed E-state index contributed by atoms with van der Waals surface area (Å²) in [6, 6.07) is 0. The lowest BCUT2D eigenvalue weighted by Crippen LogP contribution is -2.25. The van der Waals surface area contributed by atoms with Gasteiger partial charge in [0.05, 0.1) is 6.10 Å². The lowest BCUT2D eigenvalue weighted by molar-refractivity contribution is -0.146. The van der Waals surface area contributed by atoms with Gasteiger partial charge in [-0.15, -0.1) is 0 Å². The minimum Gasteiger partial charge on any atom is -0.457 e. The van der Waals surface area contributed by atoms with E-state index in [0.717, 1.165) is 5.57 Å². The minimum atomic E-state index is -0.625. The van der Waals surface area contributed by atoms with Gasteiger partial charge < -0.3 is 9.84 Å². The summed E-state index contributed by atoms with van der Waals surface area (Å²) in [5.74, 6) is -0.400. The molecule has 0 amide bonds. The van der Waals surface area contributed by atoms with E-state index in [1.54, 1.807) is 13.8 Å². The summed E-state index contributed by atoms with van der Waals surface area (Å²) < 4.78 is 4.86. The van der Waals surface area contributed by atoms with Crippen molar-refractivity contribution in [3.8, 4) is 0 Å². The van der Waals surface area contributed by atoms with Gasteiger partial charge in [0.2, 0.25) is 0 Å². The molecule has 0 aromatic heterocycles. The number of hydrogen-bond acceptors (Lipinski definition) is 3. The monoisotopic (exact) mass is 172 g/mol. The Morgan fingerprint density at radius 2 is 1.92 bits per heavy atom. The summed E-state index contributed by atoms with van der Waals surface area (Å²) >= 11 is 0. The third-order valence-electron chi connectivity index (χ3n) is 1.39. The average Bonchev–Trinajstić information content (AvgIpc) is 1.84. The van der Waals surface area contributed by atoms with Crippen LogP contribution in [0.2, 0.25) is 0 Å². The molecule has 3 heteroatoms. The molecule has 0 aliphatic carbocycles. The standard InChI is InChI=1S/C9H16O3/c1-6(2)5-9(11)12-8(4)7(3)10/h5,7-8,10H,1-4H3. The van der Waals surface area contributed by atoms with Crippen LogP contribution >= 0.6 is 0 Å². The average molecular weight is 172 g/mol. The van der Waals surface area contributed by atoms with E-state index in [-0.39, 0.29) is 0 Å². The van der Waals surface area contributed by atoms with Crippen LogP contribution in [0.3, 0.4) is 0 Å². The molecule has 3 nitrogen and oxygen atoms in total. The first-order valence-electron chi connectivity index (χ1n) is 3.97. The van der Waals surface area contributed by atoms with Crippen LogP contribution < -0.4 is 0 Å². The molecule has 0 saturated heterocycles. The molecule has 0 heterocycles. The van der Waals surface area contributed by atoms with Gasteiger partial charge in [0.15, 0.2) is 0 Å². The summed E-state index contributed by atoms with van der Waals surface area (Å²) in [5.41, 5.74) is 0.887. The highest BCUT2D eigenvalue weighted by Gasteiger charge is 2.11. The summed E-state index contributed by atoms with van der Waals surface area (Å²) in [7, 11) is 0. The van der Waals surface area contributed by atoms with Gasteiger partial charge in [-0.05, 0) is 27.7 Å². The molecule has 2 atom stereocenters. The molecule has 0 spiro atoms. The Labute approximate surface area is 73.0 Å². The van der Waals surface area contributed by atoms with Crippen molar-refractivity contribution in [3.63, 3.8) is 0 Å². The zero-order valence-electron chi connectivity index (χ0n) is 8.00. The van der Waals surface area contributed by atoms with E-state index in [1.165, 1.54) is 6.08 Å². The molecular weight excluding hydrogens is 156 g/mol. The Hall–Kier alpha value is -0.830. The predicted molar refractivity (Wildman–Crippen MR) is 46.7 cm³/mol. The van der Waals surface area contributed by atoms with E-state index in [4.69, 9.17) is 9.84 Å². The van der Waals surface area contributed by atoms with Gasteiger partial charge in [0.1, 0.15) is 6.10 Å². The molecule has 70 valence electrons. The molecule has 0 bridgehead atoms. The number of aliphatic hydroxyl groups is 1. The van der Waals surface area contributed by atoms with Crippen LogP contribution in [0.5, 0.6) is 0 Å². The van der Waals surface area contributed by atoms with E-state index in [0.29, 0.717) is 0 Å². The number of aliphatic hydroxyl groups excluding tert-OH is 1. The number of hydrogen-bond donors (Lipinski definition) is 1. The van der Waals surface area contributed by atoms with Crippen molar-refractivity contribution in [2.24, 2.45) is 0 Å². The normalized spacial score (nSPS) is 14.8. The molecule has 0 aromatic carbocycles. The lowest BCUT2D eigenvalue weighted by Gasteiger charge is -2.14. The SMILES string of the molecule is CC(C)=CC(=O)OC(C)C(C)O. The van der Waals surface area contributed by atoms with Gasteiger partial charge in [-0.25, -0.2) is 4.79 Å². The largest absolute Gasteiger partial charge is 0.457 e. The minimum absolute atomic E-state index is 0.400. The number of ether oxygens (including phenoxy) is 1. The maximum Gasteiger partial charge on any atom is 0.331 e. The summed E-state index contributed by atoms with van der Waals surface area (Å²) in [4.78, 5) is 11.0. The van der Waals surface area contributed by atoms with Gasteiger partial charge >= 0.3 is 5.97 Å². The van der Waals surface area contributed by atoms with E-state index < -0.39 is 18.2 Å². The van der Waals surface area contributed by atoms with E-state index in [2.05, 4.69) is 0 Å². The van der Waals surface area contributed by atoms with Crippen molar-refractivity contribution in [2.45, 2.75) is 39.9 Å². The lowest BCUT2D eigenvalue weighted by atomic mass is 10.2. The smallest absolute Gasteiger partial charge is 0.331 e. The maximum atomic E-state index is 11.0. The zero-order chi connectivity index (χ0) is 9.72. The summed E-state index contributed by atoms with van der Waals surface area (Å²) in [6.07, 6.45) is 0.325. The van der Waals surface area contributed by atoms with Gasteiger partial charge in [-0.1, -0.05) is 5.57 Å². The Kier molecular flexibility index (Phi) is 4.59. The fourth-order valence-corrected chi connectivity index (χ4v) is 0.551. The van der Waals surface area contributed by atoms with Gasteiger partial charge in [-0.2, -0.15) is 0 Å². The van der Waals surface area contributed by atoms with Crippen LogP contribution in [0.4, 0.5) is 0 Å². The Morgan fingerprint density at radius 3 is 2.25 bits per heavy atom. The molecule has 0 aromatic rings. The van der Waals surface area contributed by atoms with Crippen molar-refractivity contribution in [2.75, 3.05) is 0 Å². The fraction of sp³-hybridized carbons (Fsp3) is 0.667. The highest BCUT2D eigenvalue weighted by Crippen LogP contribution is 2.00. The number of carbonyl (C=O) groups is 1. The van der Waals surface area contributed by atoms with Crippen LogP contribution in [-0.4, -0.2) is 23.3 Å². The highest BCUT2D eigenvalue weighted by atomic mass is 16.6. The van der Waals surface area contributed by atoms with Crippen LogP contribution in [0.25, 0.3) is 0 Å². The molecule has 0 aliphatic rings. The highest BCUT2D eigenvalue weighted by molar-refractivity contribution is 5.82. The van der Waals surface area contributed by atoms with Crippen LogP contribution in [0.15, 0.2) is 11.6 Å². The maximum absolute atomic E-state index is 11.0. The van der Waals surface area contributed by atoms with E-state index in [1.807, 2.05) is 13.8 Å². The summed E-state index contributed by atoms with van der Waals surface area (Å²) in [5, 5.41) is 9.01. The van der Waals surface area contributed by atoms with Crippen molar-refractivity contribution >= 4 is 5.97 Å². The first-order valence-corrected chi connectivity index (χ1v) is 3.97. The number of allylic oxidation sites excluding steroid dienone is 1. The van der Waals surface area contributed by atoms with E-state index in [9.17, 15) is 4.79 Å². The molecule has 0 radical (unpaired) electrons. The topological polar surface area (TPSA) is 46.5 Å². The second-order valence-electron chi connectivity index (χ2n) is 3.10. The third kappa shape index (κ3) is 4.91. The molecule has 0 fully saturated rings. The zero-order valence-corrected chi connectivity index (χ0v) is 8.00. The van der Waals surface area contributed by atoms with Crippen molar-refractivity contribution in [1.29, 1.82) is 0 Å². The van der Waals surface area contributed by atoms with Crippen LogP contribution in [-0.2, 0) is 9.53 Å². The molecule has 0 saturated carbocycles. The molecule has 1 N–H and O–H groups in total. The quantitative estimate of drug-likeness (QED) is 0.515. The van der Waals surface area contributed by atoms with Gasteiger partial charge in [0.25, 0.3) is 0 Å². The second-order valence-corrected chi connectivity index (χ2v) is 3.10. The Balaban J connectivity index is 3.94. The van der Waals surface area contributed by atoms with Crippen LogP contribution in [0.1, 0.15) is 27.7 Å². The third-order valence-corrected chi connectivity index (χ3v) is 1.39. The van der Waals surface area contributed by atoms with E-state index >= 15 is 0 Å². The second kappa shape index (κ2) is 4.93. The van der Waals surface area contributed by atoms with Crippen molar-refractivity contribution in [3.05, 3.63) is 11.6 Å². The Bertz CT molecular complexity index is 178. The number of rotatable bonds is 3. The number of carbonyl (C=O) groups excluding carboxylic acids is 1. The van der Waals surface area contributed by atoms with Crippen molar-refractivity contribution < 1.29 is 14.6 Å². The van der Waals surface area contributed by atoms with Gasteiger partial charge in [-0.3, -0.25) is 0 Å². The molecule has 2 unspecified atom stereocenters. The predicted octanol–water partition coefficient (Wildman–Crippen LogP) is 1.27. The molecular formula is C9H16O3. The first kappa shape index (κ1) is 11.2. The Morgan fingerprint density at radius 1 is 1.42 bits per heavy atom. The first-order chi connectivity index (χ1) is 5.43. The summed E-state index contributed by atoms with van der Waals surface area (Å²) in [6.45, 7) is 6.87. The van der Waals surface area contributed by atoms with Crippen molar-refractivity contribution in [1.82, 2.24) is 0 Å².